The minimum absolute atomic E-state index is 0.0179. The molecule has 1 N–H and O–H groups in total. The molecule has 0 unspecified atom stereocenters. The molecule has 0 aliphatic carbocycles. The van der Waals surface area contributed by atoms with E-state index in [-0.39, 0.29) is 18.1 Å². The Bertz CT molecular complexity index is 463. The Labute approximate surface area is 95.7 Å². The summed E-state index contributed by atoms with van der Waals surface area (Å²) in [7, 11) is -1.94. The van der Waals surface area contributed by atoms with Crippen molar-refractivity contribution in [3.05, 3.63) is 29.8 Å². The molecule has 0 fully saturated rings. The van der Waals surface area contributed by atoms with Crippen LogP contribution in [0, 0.1) is 12.3 Å². The lowest BCUT2D eigenvalue weighted by atomic mass is 10.2. The average Bonchev–Trinajstić information content (AvgIpc) is 2.26. The minimum Gasteiger partial charge on any atom is -0.484 e. The van der Waals surface area contributed by atoms with Crippen LogP contribution < -0.4 is 0 Å². The average molecular weight is 241 g/mol. The molecule has 5 heteroatoms. The Morgan fingerprint density at radius 1 is 1.31 bits per heavy atom. The summed E-state index contributed by atoms with van der Waals surface area (Å²) in [5, 5.41) is 7.23. The molecule has 1 aromatic rings. The van der Waals surface area contributed by atoms with Crippen molar-refractivity contribution in [3.8, 4) is 0 Å². The second-order valence-corrected chi connectivity index (χ2v) is 5.62. The van der Waals surface area contributed by atoms with E-state index in [1.807, 2.05) is 6.92 Å². The molecule has 0 heterocycles. The van der Waals surface area contributed by atoms with E-state index < -0.39 is 9.84 Å². The summed E-state index contributed by atoms with van der Waals surface area (Å²) in [5.74, 6) is -0.112. The summed E-state index contributed by atoms with van der Waals surface area (Å²) < 4.78 is 28.2. The molecule has 0 spiro atoms. The number of benzene rings is 1. The molecule has 0 aliphatic rings. The summed E-state index contributed by atoms with van der Waals surface area (Å²) in [5.41, 5.74) is 1.02. The van der Waals surface area contributed by atoms with Gasteiger partial charge in [0.1, 0.15) is 0 Å². The smallest absolute Gasteiger partial charge is 0.181 e. The van der Waals surface area contributed by atoms with Crippen LogP contribution >= 0.6 is 0 Å². The molecule has 0 bridgehead atoms. The van der Waals surface area contributed by atoms with Crippen LogP contribution in [0.25, 0.3) is 0 Å². The highest BCUT2D eigenvalue weighted by atomic mass is 32.2. The zero-order valence-corrected chi connectivity index (χ0v) is 10.2. The van der Waals surface area contributed by atoms with Crippen LogP contribution in [0.15, 0.2) is 29.2 Å². The topological polar surface area (TPSA) is 67.2 Å². The van der Waals surface area contributed by atoms with E-state index in [1.54, 1.807) is 24.3 Å². The fourth-order valence-electron chi connectivity index (χ4n) is 1.19. The fraction of sp³-hybridized carbons (Fsp3) is 0.364. The molecule has 0 aromatic heterocycles. The van der Waals surface area contributed by atoms with Gasteiger partial charge in [0.15, 0.2) is 15.7 Å². The minimum atomic E-state index is -3.30. The summed E-state index contributed by atoms with van der Waals surface area (Å²) >= 11 is 0. The standard InChI is InChI=1S/C11H15NO3S/c1-9-3-5-10(6-4-9)16(13,14)8-7-11(12)15-2/h3-6,12H,7-8H2,1-2H3. The molecular weight excluding hydrogens is 226 g/mol. The van der Waals surface area contributed by atoms with E-state index in [0.717, 1.165) is 5.56 Å². The van der Waals surface area contributed by atoms with Gasteiger partial charge in [-0.15, -0.1) is 0 Å². The first-order valence-corrected chi connectivity index (χ1v) is 6.52. The van der Waals surface area contributed by atoms with Crippen LogP contribution in [-0.4, -0.2) is 27.2 Å². The quantitative estimate of drug-likeness (QED) is 0.645. The largest absolute Gasteiger partial charge is 0.484 e. The Hall–Kier alpha value is -1.36. The number of ether oxygens (including phenoxy) is 1. The fourth-order valence-corrected chi connectivity index (χ4v) is 2.43. The molecule has 1 aromatic carbocycles. The Morgan fingerprint density at radius 2 is 1.88 bits per heavy atom. The molecule has 16 heavy (non-hydrogen) atoms. The molecule has 0 atom stereocenters. The molecule has 0 saturated heterocycles. The maximum absolute atomic E-state index is 11.8. The zero-order chi connectivity index (χ0) is 12.2. The predicted octanol–water partition coefficient (Wildman–Crippen LogP) is 1.78. The van der Waals surface area contributed by atoms with Gasteiger partial charge in [-0.05, 0) is 19.1 Å². The van der Waals surface area contributed by atoms with Gasteiger partial charge in [-0.3, -0.25) is 5.41 Å². The third-order valence-electron chi connectivity index (χ3n) is 2.22. The predicted molar refractivity (Wildman–Crippen MR) is 62.6 cm³/mol. The van der Waals surface area contributed by atoms with Crippen LogP contribution in [0.2, 0.25) is 0 Å². The van der Waals surface area contributed by atoms with Crippen molar-refractivity contribution in [1.82, 2.24) is 0 Å². The van der Waals surface area contributed by atoms with E-state index >= 15 is 0 Å². The number of hydrogen-bond acceptors (Lipinski definition) is 4. The number of aryl methyl sites for hydroxylation is 1. The second kappa shape index (κ2) is 5.12. The third kappa shape index (κ3) is 3.34. The number of nitrogens with one attached hydrogen (secondary N) is 1. The lowest BCUT2D eigenvalue weighted by Gasteiger charge is -2.05. The highest BCUT2D eigenvalue weighted by Crippen LogP contribution is 2.13. The lowest BCUT2D eigenvalue weighted by molar-refractivity contribution is 0.388. The highest BCUT2D eigenvalue weighted by molar-refractivity contribution is 7.91. The van der Waals surface area contributed by atoms with Crippen molar-refractivity contribution in [3.63, 3.8) is 0 Å². The van der Waals surface area contributed by atoms with E-state index in [4.69, 9.17) is 5.41 Å². The number of rotatable bonds is 4. The molecule has 88 valence electrons. The first kappa shape index (κ1) is 12.7. The third-order valence-corrected chi connectivity index (χ3v) is 3.96. The SMILES string of the molecule is COC(=N)CCS(=O)(=O)c1ccc(C)cc1. The Kier molecular flexibility index (Phi) is 4.06. The van der Waals surface area contributed by atoms with Crippen LogP contribution in [0.5, 0.6) is 0 Å². The zero-order valence-electron chi connectivity index (χ0n) is 9.36. The van der Waals surface area contributed by atoms with Gasteiger partial charge in [0.2, 0.25) is 0 Å². The van der Waals surface area contributed by atoms with Gasteiger partial charge in [0.05, 0.1) is 17.8 Å². The highest BCUT2D eigenvalue weighted by Gasteiger charge is 2.14. The molecule has 0 aliphatic heterocycles. The van der Waals surface area contributed by atoms with Crippen molar-refractivity contribution in [2.45, 2.75) is 18.2 Å². The maximum Gasteiger partial charge on any atom is 0.181 e. The molecule has 0 amide bonds. The van der Waals surface area contributed by atoms with Crippen molar-refractivity contribution in [2.75, 3.05) is 12.9 Å². The van der Waals surface area contributed by atoms with E-state index in [0.29, 0.717) is 4.90 Å². The summed E-state index contributed by atoms with van der Waals surface area (Å²) in [4.78, 5) is 0.294. The number of methoxy groups -OCH3 is 1. The van der Waals surface area contributed by atoms with Crippen LogP contribution in [-0.2, 0) is 14.6 Å². The van der Waals surface area contributed by atoms with Gasteiger partial charge in [-0.2, -0.15) is 0 Å². The maximum atomic E-state index is 11.8. The van der Waals surface area contributed by atoms with Crippen molar-refractivity contribution < 1.29 is 13.2 Å². The van der Waals surface area contributed by atoms with Gasteiger partial charge in [0, 0.05) is 6.42 Å². The van der Waals surface area contributed by atoms with Crippen LogP contribution in [0.1, 0.15) is 12.0 Å². The first-order valence-electron chi connectivity index (χ1n) is 4.86. The van der Waals surface area contributed by atoms with Gasteiger partial charge >= 0.3 is 0 Å². The number of sulfone groups is 1. The number of hydrogen-bond donors (Lipinski definition) is 1. The Morgan fingerprint density at radius 3 is 2.38 bits per heavy atom. The first-order chi connectivity index (χ1) is 7.45. The van der Waals surface area contributed by atoms with Crippen molar-refractivity contribution in [1.29, 1.82) is 5.41 Å². The van der Waals surface area contributed by atoms with Gasteiger partial charge in [-0.1, -0.05) is 17.7 Å². The summed E-state index contributed by atoms with van der Waals surface area (Å²) in [6.45, 7) is 1.90. The molecule has 0 radical (unpaired) electrons. The molecule has 4 nitrogen and oxygen atoms in total. The summed E-state index contributed by atoms with van der Waals surface area (Å²) in [6.07, 6.45) is 0.104. The van der Waals surface area contributed by atoms with Gasteiger partial charge in [-0.25, -0.2) is 8.42 Å². The van der Waals surface area contributed by atoms with E-state index in [1.165, 1.54) is 7.11 Å². The summed E-state index contributed by atoms with van der Waals surface area (Å²) in [6, 6.07) is 6.69. The Balaban J connectivity index is 2.78. The van der Waals surface area contributed by atoms with E-state index in [2.05, 4.69) is 4.74 Å². The van der Waals surface area contributed by atoms with E-state index in [9.17, 15) is 8.42 Å². The molecule has 0 saturated carbocycles. The molecular formula is C11H15NO3S. The second-order valence-electron chi connectivity index (χ2n) is 3.51. The molecule has 1 rings (SSSR count). The lowest BCUT2D eigenvalue weighted by Crippen LogP contribution is -2.11. The monoisotopic (exact) mass is 241 g/mol. The van der Waals surface area contributed by atoms with Crippen LogP contribution in [0.4, 0.5) is 0 Å². The normalized spacial score (nSPS) is 11.1. The van der Waals surface area contributed by atoms with Gasteiger partial charge < -0.3 is 4.74 Å². The van der Waals surface area contributed by atoms with Gasteiger partial charge in [0.25, 0.3) is 0 Å². The van der Waals surface area contributed by atoms with Crippen molar-refractivity contribution >= 4 is 15.7 Å². The van der Waals surface area contributed by atoms with Crippen LogP contribution in [0.3, 0.4) is 0 Å². The van der Waals surface area contributed by atoms with Crippen molar-refractivity contribution in [2.24, 2.45) is 0 Å².